The summed E-state index contributed by atoms with van der Waals surface area (Å²) in [6.45, 7) is 5.61. The van der Waals surface area contributed by atoms with E-state index in [0.717, 1.165) is 0 Å². The van der Waals surface area contributed by atoms with E-state index in [0.29, 0.717) is 16.4 Å². The van der Waals surface area contributed by atoms with Gasteiger partial charge in [-0.05, 0) is 12.1 Å². The number of benzene rings is 1. The van der Waals surface area contributed by atoms with Crippen molar-refractivity contribution in [2.24, 2.45) is 5.41 Å². The van der Waals surface area contributed by atoms with Crippen molar-refractivity contribution in [2.45, 2.75) is 25.7 Å². The lowest BCUT2D eigenvalue weighted by molar-refractivity contribution is -0.123. The third kappa shape index (κ3) is 5.37. The number of thioether (sulfide) groups is 1. The largest absolute Gasteiger partial charge is 0.298 e. The molecule has 1 aromatic rings. The Bertz CT molecular complexity index is 513. The van der Waals surface area contributed by atoms with E-state index in [9.17, 15) is 13.2 Å². The van der Waals surface area contributed by atoms with Gasteiger partial charge >= 0.3 is 0 Å². The molecule has 19 heavy (non-hydrogen) atoms. The van der Waals surface area contributed by atoms with Crippen molar-refractivity contribution >= 4 is 27.4 Å². The Morgan fingerprint density at radius 3 is 2.26 bits per heavy atom. The highest BCUT2D eigenvalue weighted by molar-refractivity contribution is 8.01. The number of carbonyl (C=O) groups excluding carboxylic acids is 1. The van der Waals surface area contributed by atoms with Crippen LogP contribution in [0.5, 0.6) is 0 Å². The molecule has 3 nitrogen and oxygen atoms in total. The molecule has 0 amide bonds. The van der Waals surface area contributed by atoms with Crippen LogP contribution in [0.15, 0.2) is 35.2 Å². The van der Waals surface area contributed by atoms with Gasteiger partial charge in [0, 0.05) is 11.2 Å². The molecule has 1 aromatic carbocycles. The predicted octanol–water partition coefficient (Wildman–Crippen LogP) is 2.81. The van der Waals surface area contributed by atoms with Crippen LogP contribution >= 0.6 is 11.8 Å². The van der Waals surface area contributed by atoms with Gasteiger partial charge in [-0.1, -0.05) is 39.0 Å². The lowest BCUT2D eigenvalue weighted by atomic mass is 9.92. The van der Waals surface area contributed by atoms with Crippen molar-refractivity contribution < 1.29 is 13.2 Å². The Morgan fingerprint density at radius 2 is 1.74 bits per heavy atom. The van der Waals surface area contributed by atoms with Gasteiger partial charge in [0.05, 0.1) is 16.4 Å². The summed E-state index contributed by atoms with van der Waals surface area (Å²) in [5.74, 6) is 1.03. The van der Waals surface area contributed by atoms with Crippen LogP contribution in [0.25, 0.3) is 0 Å². The zero-order valence-electron chi connectivity index (χ0n) is 11.5. The van der Waals surface area contributed by atoms with Crippen molar-refractivity contribution in [3.8, 4) is 0 Å². The molecule has 0 heterocycles. The normalized spacial score (nSPS) is 12.4. The first-order valence-corrected chi connectivity index (χ1v) is 8.93. The number of rotatable bonds is 6. The van der Waals surface area contributed by atoms with E-state index in [1.807, 2.05) is 20.8 Å². The molecule has 0 bridgehead atoms. The summed E-state index contributed by atoms with van der Waals surface area (Å²) in [6.07, 6.45) is 0. The van der Waals surface area contributed by atoms with Crippen LogP contribution in [0.1, 0.15) is 20.8 Å². The van der Waals surface area contributed by atoms with Crippen molar-refractivity contribution in [1.29, 1.82) is 0 Å². The molecular weight excluding hydrogens is 280 g/mol. The smallest absolute Gasteiger partial charge is 0.179 e. The summed E-state index contributed by atoms with van der Waals surface area (Å²) in [5.41, 5.74) is -0.356. The minimum absolute atomic E-state index is 0.0686. The molecule has 0 unspecified atom stereocenters. The van der Waals surface area contributed by atoms with Gasteiger partial charge < -0.3 is 0 Å². The molecule has 0 saturated heterocycles. The quantitative estimate of drug-likeness (QED) is 0.758. The first-order valence-electron chi connectivity index (χ1n) is 6.12. The first-order chi connectivity index (χ1) is 8.73. The topological polar surface area (TPSA) is 51.2 Å². The fourth-order valence-corrected chi connectivity index (χ4v) is 4.22. The van der Waals surface area contributed by atoms with Crippen LogP contribution in [0, 0.1) is 5.41 Å². The first kappa shape index (κ1) is 16.2. The molecule has 0 saturated carbocycles. The average Bonchev–Trinajstić information content (AvgIpc) is 2.34. The monoisotopic (exact) mass is 300 g/mol. The standard InChI is InChI=1S/C14H20O3S2/c1-14(2,3)13(15)11-18-9-10-19(16,17)12-7-5-4-6-8-12/h4-8H,9-11H2,1-3H3. The van der Waals surface area contributed by atoms with E-state index in [1.54, 1.807) is 30.3 Å². The van der Waals surface area contributed by atoms with Crippen molar-refractivity contribution in [3.05, 3.63) is 30.3 Å². The maximum Gasteiger partial charge on any atom is 0.179 e. The minimum atomic E-state index is -3.23. The number of Topliss-reactive ketones (excluding diaryl/α,β-unsaturated/α-hetero) is 1. The van der Waals surface area contributed by atoms with Gasteiger partial charge in [-0.2, -0.15) is 11.8 Å². The second-order valence-electron chi connectivity index (χ2n) is 5.36. The molecule has 0 aliphatic carbocycles. The van der Waals surface area contributed by atoms with Gasteiger partial charge in [0.1, 0.15) is 5.78 Å². The van der Waals surface area contributed by atoms with Gasteiger partial charge in [-0.3, -0.25) is 4.79 Å². The van der Waals surface area contributed by atoms with Crippen molar-refractivity contribution in [2.75, 3.05) is 17.3 Å². The lowest BCUT2D eigenvalue weighted by Crippen LogP contribution is -2.22. The van der Waals surface area contributed by atoms with Crippen LogP contribution in [0.2, 0.25) is 0 Å². The van der Waals surface area contributed by atoms with E-state index in [4.69, 9.17) is 0 Å². The second kappa shape index (κ2) is 6.57. The SMILES string of the molecule is CC(C)(C)C(=O)CSCCS(=O)(=O)c1ccccc1. The highest BCUT2D eigenvalue weighted by Crippen LogP contribution is 2.18. The van der Waals surface area contributed by atoms with E-state index in [1.165, 1.54) is 11.8 Å². The van der Waals surface area contributed by atoms with Crippen molar-refractivity contribution in [1.82, 2.24) is 0 Å². The van der Waals surface area contributed by atoms with Crippen LogP contribution in [-0.4, -0.2) is 31.5 Å². The molecule has 0 N–H and O–H groups in total. The summed E-state index contributed by atoms with van der Waals surface area (Å²) < 4.78 is 24.0. The van der Waals surface area contributed by atoms with E-state index < -0.39 is 9.84 Å². The van der Waals surface area contributed by atoms with E-state index >= 15 is 0 Å². The highest BCUT2D eigenvalue weighted by Gasteiger charge is 2.21. The molecule has 0 aromatic heterocycles. The summed E-state index contributed by atoms with van der Waals surface area (Å²) >= 11 is 1.38. The van der Waals surface area contributed by atoms with Gasteiger partial charge in [-0.15, -0.1) is 0 Å². The molecule has 0 atom stereocenters. The number of carbonyl (C=O) groups is 1. The predicted molar refractivity (Wildman–Crippen MR) is 80.3 cm³/mol. The van der Waals surface area contributed by atoms with E-state index in [2.05, 4.69) is 0 Å². The lowest BCUT2D eigenvalue weighted by Gasteiger charge is -2.15. The number of ketones is 1. The Kier molecular flexibility index (Phi) is 5.62. The number of sulfone groups is 1. The van der Waals surface area contributed by atoms with E-state index in [-0.39, 0.29) is 17.0 Å². The highest BCUT2D eigenvalue weighted by atomic mass is 32.2. The third-order valence-corrected chi connectivity index (χ3v) is 5.62. The Labute approximate surface area is 119 Å². The number of hydrogen-bond acceptors (Lipinski definition) is 4. The summed E-state index contributed by atoms with van der Waals surface area (Å²) in [4.78, 5) is 12.0. The summed E-state index contributed by atoms with van der Waals surface area (Å²) in [7, 11) is -3.23. The fraction of sp³-hybridized carbons (Fsp3) is 0.500. The maximum absolute atomic E-state index is 12.0. The Morgan fingerprint density at radius 1 is 1.16 bits per heavy atom. The minimum Gasteiger partial charge on any atom is -0.298 e. The zero-order chi connectivity index (χ0) is 14.5. The summed E-state index contributed by atoms with van der Waals surface area (Å²) in [5, 5.41) is 0. The molecular formula is C14H20O3S2. The number of hydrogen-bond donors (Lipinski definition) is 0. The van der Waals surface area contributed by atoms with Crippen LogP contribution in [0.4, 0.5) is 0 Å². The molecule has 5 heteroatoms. The molecule has 106 valence electrons. The van der Waals surface area contributed by atoms with Crippen molar-refractivity contribution in [3.63, 3.8) is 0 Å². The molecule has 0 spiro atoms. The zero-order valence-corrected chi connectivity index (χ0v) is 13.2. The van der Waals surface area contributed by atoms with Crippen LogP contribution in [0.3, 0.4) is 0 Å². The maximum atomic E-state index is 12.0. The Balaban J connectivity index is 2.44. The van der Waals surface area contributed by atoms with Gasteiger partial charge in [-0.25, -0.2) is 8.42 Å². The second-order valence-corrected chi connectivity index (χ2v) is 8.57. The Hall–Kier alpha value is -0.810. The third-order valence-electron chi connectivity index (χ3n) is 2.67. The molecule has 1 rings (SSSR count). The van der Waals surface area contributed by atoms with Crippen LogP contribution < -0.4 is 0 Å². The van der Waals surface area contributed by atoms with Gasteiger partial charge in [0.15, 0.2) is 9.84 Å². The van der Waals surface area contributed by atoms with Gasteiger partial charge in [0.2, 0.25) is 0 Å². The molecule has 0 aliphatic rings. The molecule has 0 aliphatic heterocycles. The van der Waals surface area contributed by atoms with Gasteiger partial charge in [0.25, 0.3) is 0 Å². The summed E-state index contributed by atoms with van der Waals surface area (Å²) in [6, 6.07) is 8.41. The molecule has 0 radical (unpaired) electrons. The van der Waals surface area contributed by atoms with Crippen LogP contribution in [-0.2, 0) is 14.6 Å². The average molecular weight is 300 g/mol. The fourth-order valence-electron chi connectivity index (χ4n) is 1.30. The molecule has 0 fully saturated rings.